The van der Waals surface area contributed by atoms with Crippen LogP contribution in [-0.4, -0.2) is 11.8 Å². The summed E-state index contributed by atoms with van der Waals surface area (Å²) < 4.78 is 0. The standard InChI is InChI=1S/C29H25ClN2O2S/c30-25-15-17-26(18-16-25)35-20-21-11-13-24(14-12-21)29(34)32-31-28(33)19-27(22-7-3-1-4-8-22)23-9-5-2-6-10-23/h1-18,27H,19-20H2,(H,31,33)(H,32,34). The molecule has 6 heteroatoms. The molecule has 4 aromatic rings. The van der Waals surface area contributed by atoms with Crippen molar-refractivity contribution in [3.63, 3.8) is 0 Å². The quantitative estimate of drug-likeness (QED) is 0.211. The van der Waals surface area contributed by atoms with Gasteiger partial charge in [0.25, 0.3) is 5.91 Å². The van der Waals surface area contributed by atoms with Gasteiger partial charge in [-0.05, 0) is 53.1 Å². The minimum Gasteiger partial charge on any atom is -0.273 e. The molecule has 4 nitrogen and oxygen atoms in total. The highest BCUT2D eigenvalue weighted by atomic mass is 35.5. The predicted octanol–water partition coefficient (Wildman–Crippen LogP) is 6.62. The lowest BCUT2D eigenvalue weighted by Crippen LogP contribution is -2.42. The number of thioether (sulfide) groups is 1. The van der Waals surface area contributed by atoms with Gasteiger partial charge in [0.05, 0.1) is 0 Å². The number of nitrogens with one attached hydrogen (secondary N) is 2. The van der Waals surface area contributed by atoms with E-state index >= 15 is 0 Å². The monoisotopic (exact) mass is 500 g/mol. The van der Waals surface area contributed by atoms with E-state index in [1.807, 2.05) is 97.1 Å². The third-order valence-corrected chi connectivity index (χ3v) is 6.88. The van der Waals surface area contributed by atoms with E-state index in [1.54, 1.807) is 23.9 Å². The number of hydrazine groups is 1. The number of benzene rings is 4. The molecule has 2 N–H and O–H groups in total. The molecule has 0 spiro atoms. The average Bonchev–Trinajstić information content (AvgIpc) is 2.91. The Morgan fingerprint density at radius 2 is 1.29 bits per heavy atom. The predicted molar refractivity (Wildman–Crippen MR) is 142 cm³/mol. The topological polar surface area (TPSA) is 58.2 Å². The molecule has 4 aromatic carbocycles. The number of halogens is 1. The SMILES string of the molecule is O=C(CC(c1ccccc1)c1ccccc1)NNC(=O)c1ccc(CSc2ccc(Cl)cc2)cc1. The molecule has 0 aromatic heterocycles. The third-order valence-electron chi connectivity index (χ3n) is 5.54. The van der Waals surface area contributed by atoms with Crippen molar-refractivity contribution in [1.29, 1.82) is 0 Å². The van der Waals surface area contributed by atoms with E-state index in [4.69, 9.17) is 11.6 Å². The fourth-order valence-corrected chi connectivity index (χ4v) is 4.66. The van der Waals surface area contributed by atoms with Crippen molar-refractivity contribution < 1.29 is 9.59 Å². The molecule has 0 aliphatic rings. The fourth-order valence-electron chi connectivity index (χ4n) is 3.68. The van der Waals surface area contributed by atoms with Gasteiger partial charge in [-0.2, -0.15) is 0 Å². The van der Waals surface area contributed by atoms with Crippen molar-refractivity contribution in [2.75, 3.05) is 0 Å². The Morgan fingerprint density at radius 1 is 0.714 bits per heavy atom. The number of amides is 2. The molecule has 0 heterocycles. The number of hydrogen-bond acceptors (Lipinski definition) is 3. The molecule has 176 valence electrons. The molecule has 0 atom stereocenters. The van der Waals surface area contributed by atoms with E-state index in [0.717, 1.165) is 27.3 Å². The van der Waals surface area contributed by atoms with Crippen LogP contribution < -0.4 is 10.9 Å². The summed E-state index contributed by atoms with van der Waals surface area (Å²) in [5.74, 6) is 0.0608. The van der Waals surface area contributed by atoms with Crippen LogP contribution in [0.25, 0.3) is 0 Å². The molecule has 0 fully saturated rings. The smallest absolute Gasteiger partial charge is 0.269 e. The lowest BCUT2D eigenvalue weighted by atomic mass is 9.88. The summed E-state index contributed by atoms with van der Waals surface area (Å²) >= 11 is 7.62. The third kappa shape index (κ3) is 7.22. The maximum atomic E-state index is 12.7. The van der Waals surface area contributed by atoms with Gasteiger partial charge in [0.1, 0.15) is 0 Å². The average molecular weight is 501 g/mol. The van der Waals surface area contributed by atoms with Crippen LogP contribution in [0.3, 0.4) is 0 Å². The highest BCUT2D eigenvalue weighted by Crippen LogP contribution is 2.28. The Bertz CT molecular complexity index is 1210. The van der Waals surface area contributed by atoms with E-state index in [9.17, 15) is 9.59 Å². The summed E-state index contributed by atoms with van der Waals surface area (Å²) in [5.41, 5.74) is 8.77. The summed E-state index contributed by atoms with van der Waals surface area (Å²) in [7, 11) is 0. The molecule has 0 radical (unpaired) electrons. The van der Waals surface area contributed by atoms with Gasteiger partial charge >= 0.3 is 0 Å². The number of carbonyl (C=O) groups excluding carboxylic acids is 2. The van der Waals surface area contributed by atoms with Crippen molar-refractivity contribution in [2.45, 2.75) is 23.0 Å². The zero-order chi connectivity index (χ0) is 24.5. The molecule has 0 aliphatic heterocycles. The summed E-state index contributed by atoms with van der Waals surface area (Å²) in [5, 5.41) is 0.715. The Balaban J connectivity index is 1.31. The molecular formula is C29H25ClN2O2S. The Kier molecular flexibility index (Phi) is 8.60. The number of carbonyl (C=O) groups is 2. The molecule has 35 heavy (non-hydrogen) atoms. The van der Waals surface area contributed by atoms with Gasteiger partial charge < -0.3 is 0 Å². The Hall–Kier alpha value is -3.54. The fraction of sp³-hybridized carbons (Fsp3) is 0.103. The lowest BCUT2D eigenvalue weighted by molar-refractivity contribution is -0.122. The van der Waals surface area contributed by atoms with Crippen LogP contribution in [0.5, 0.6) is 0 Å². The molecule has 0 saturated carbocycles. The minimum absolute atomic E-state index is 0.105. The maximum absolute atomic E-state index is 12.7. The van der Waals surface area contributed by atoms with E-state index in [-0.39, 0.29) is 24.2 Å². The van der Waals surface area contributed by atoms with E-state index in [0.29, 0.717) is 10.6 Å². The first-order valence-corrected chi connectivity index (χ1v) is 12.6. The molecule has 0 aliphatic carbocycles. The highest BCUT2D eigenvalue weighted by Gasteiger charge is 2.18. The molecular weight excluding hydrogens is 476 g/mol. The second kappa shape index (κ2) is 12.2. The van der Waals surface area contributed by atoms with Gasteiger partial charge in [0, 0.05) is 33.6 Å². The van der Waals surface area contributed by atoms with E-state index in [1.165, 1.54) is 0 Å². The summed E-state index contributed by atoms with van der Waals surface area (Å²) in [6, 6.07) is 34.8. The first-order chi connectivity index (χ1) is 17.1. The molecule has 0 saturated heterocycles. The van der Waals surface area contributed by atoms with Crippen LogP contribution in [0, 0.1) is 0 Å². The normalized spacial score (nSPS) is 10.7. The van der Waals surface area contributed by atoms with Gasteiger partial charge in [0.2, 0.25) is 5.91 Å². The second-order valence-electron chi connectivity index (χ2n) is 8.02. The van der Waals surface area contributed by atoms with Crippen molar-refractivity contribution in [3.8, 4) is 0 Å². The first kappa shape index (κ1) is 24.6. The van der Waals surface area contributed by atoms with Gasteiger partial charge in [-0.1, -0.05) is 84.4 Å². The van der Waals surface area contributed by atoms with Crippen LogP contribution in [0.1, 0.15) is 39.4 Å². The summed E-state index contributed by atoms with van der Waals surface area (Å²) in [6.45, 7) is 0. The van der Waals surface area contributed by atoms with Crippen LogP contribution in [-0.2, 0) is 10.5 Å². The van der Waals surface area contributed by atoms with Gasteiger partial charge in [-0.25, -0.2) is 0 Å². The minimum atomic E-state index is -0.355. The zero-order valence-corrected chi connectivity index (χ0v) is 20.6. The number of rotatable bonds is 8. The molecule has 2 amide bonds. The second-order valence-corrected chi connectivity index (χ2v) is 9.51. The van der Waals surface area contributed by atoms with Crippen LogP contribution in [0.2, 0.25) is 5.02 Å². The lowest BCUT2D eigenvalue weighted by Gasteiger charge is -2.18. The van der Waals surface area contributed by atoms with Crippen molar-refractivity contribution in [2.24, 2.45) is 0 Å². The molecule has 0 bridgehead atoms. The van der Waals surface area contributed by atoms with E-state index in [2.05, 4.69) is 10.9 Å². The van der Waals surface area contributed by atoms with Crippen molar-refractivity contribution in [1.82, 2.24) is 10.9 Å². The van der Waals surface area contributed by atoms with Crippen molar-refractivity contribution >= 4 is 35.2 Å². The maximum Gasteiger partial charge on any atom is 0.269 e. The summed E-state index contributed by atoms with van der Waals surface area (Å²) in [4.78, 5) is 26.4. The summed E-state index contributed by atoms with van der Waals surface area (Å²) in [6.07, 6.45) is 0.217. The number of hydrogen-bond donors (Lipinski definition) is 2. The molecule has 0 unspecified atom stereocenters. The highest BCUT2D eigenvalue weighted by molar-refractivity contribution is 7.98. The van der Waals surface area contributed by atoms with Gasteiger partial charge in [-0.15, -0.1) is 11.8 Å². The van der Waals surface area contributed by atoms with Gasteiger partial charge in [-0.3, -0.25) is 20.4 Å². The Morgan fingerprint density at radius 3 is 1.86 bits per heavy atom. The van der Waals surface area contributed by atoms with Crippen molar-refractivity contribution in [3.05, 3.63) is 136 Å². The van der Waals surface area contributed by atoms with Gasteiger partial charge in [0.15, 0.2) is 0 Å². The Labute approximate surface area is 214 Å². The molecule has 4 rings (SSSR count). The largest absolute Gasteiger partial charge is 0.273 e. The van der Waals surface area contributed by atoms with Crippen LogP contribution in [0.15, 0.2) is 114 Å². The zero-order valence-electron chi connectivity index (χ0n) is 19.0. The first-order valence-electron chi connectivity index (χ1n) is 11.2. The van der Waals surface area contributed by atoms with Crippen LogP contribution in [0.4, 0.5) is 0 Å². The van der Waals surface area contributed by atoms with Crippen LogP contribution >= 0.6 is 23.4 Å². The van der Waals surface area contributed by atoms with E-state index < -0.39 is 0 Å².